The second kappa shape index (κ2) is 5.46. The first-order valence-corrected chi connectivity index (χ1v) is 9.65. The summed E-state index contributed by atoms with van der Waals surface area (Å²) in [7, 11) is 0. The number of carbonyl (C=O) groups is 1. The SMILES string of the molecule is O=C1C(c2ccccc2)=CC=C2c3sccc3C=C[N+]12c1nccs1. The number of benzene rings is 1. The molecule has 0 bridgehead atoms. The van der Waals surface area contributed by atoms with Crippen LogP contribution in [0.5, 0.6) is 0 Å². The van der Waals surface area contributed by atoms with E-state index in [0.29, 0.717) is 5.57 Å². The van der Waals surface area contributed by atoms with Gasteiger partial charge in [0.15, 0.2) is 5.70 Å². The molecular formula is C20H13N2OS2+. The Labute approximate surface area is 153 Å². The standard InChI is InChI=1S/C20H13N2OS2/c23-19-16(14-4-2-1-3-5-14)6-7-17-18-15(9-12-24-18)8-11-22(17,19)20-21-10-13-25-20/h1-13H/q+1. The average Bonchev–Trinajstić information content (AvgIpc) is 3.34. The molecule has 2 aliphatic heterocycles. The van der Waals surface area contributed by atoms with E-state index in [-0.39, 0.29) is 10.4 Å². The highest BCUT2D eigenvalue weighted by molar-refractivity contribution is 7.14. The number of hydrogen-bond acceptors (Lipinski definition) is 4. The second-order valence-electron chi connectivity index (χ2n) is 5.86. The van der Waals surface area contributed by atoms with E-state index in [9.17, 15) is 4.79 Å². The zero-order chi connectivity index (χ0) is 16.9. The molecule has 1 unspecified atom stereocenters. The number of fused-ring (bicyclic) bond motifs is 3. The van der Waals surface area contributed by atoms with E-state index >= 15 is 0 Å². The maximum atomic E-state index is 13.7. The fourth-order valence-corrected chi connectivity index (χ4v) is 5.10. The van der Waals surface area contributed by atoms with Crippen molar-refractivity contribution in [2.45, 2.75) is 0 Å². The molecule has 5 heteroatoms. The summed E-state index contributed by atoms with van der Waals surface area (Å²) >= 11 is 3.18. The van der Waals surface area contributed by atoms with Gasteiger partial charge in [-0.05, 0) is 23.1 Å². The van der Waals surface area contributed by atoms with Gasteiger partial charge in [-0.3, -0.25) is 0 Å². The molecule has 0 aliphatic carbocycles. The van der Waals surface area contributed by atoms with E-state index in [1.54, 1.807) is 17.5 Å². The Bertz CT molecular complexity index is 1060. The van der Waals surface area contributed by atoms with Crippen molar-refractivity contribution in [3.8, 4) is 0 Å². The van der Waals surface area contributed by atoms with E-state index in [0.717, 1.165) is 26.8 Å². The van der Waals surface area contributed by atoms with Gasteiger partial charge in [-0.1, -0.05) is 41.7 Å². The fraction of sp³-hybridized carbons (Fsp3) is 0. The van der Waals surface area contributed by atoms with Crippen LogP contribution in [0.25, 0.3) is 17.3 Å². The normalized spacial score (nSPS) is 21.4. The molecule has 1 atom stereocenters. The number of carbonyl (C=O) groups excluding carboxylic acids is 1. The van der Waals surface area contributed by atoms with Gasteiger partial charge < -0.3 is 0 Å². The van der Waals surface area contributed by atoms with Gasteiger partial charge in [0.05, 0.1) is 10.5 Å². The summed E-state index contributed by atoms with van der Waals surface area (Å²) in [6.07, 6.45) is 9.79. The first-order valence-electron chi connectivity index (χ1n) is 7.89. The minimum absolute atomic E-state index is 0.0336. The third kappa shape index (κ3) is 2.00. The Morgan fingerprint density at radius 1 is 0.960 bits per heavy atom. The summed E-state index contributed by atoms with van der Waals surface area (Å²) in [6, 6.07) is 11.9. The number of thiophene rings is 1. The van der Waals surface area contributed by atoms with Crippen LogP contribution >= 0.6 is 22.7 Å². The lowest BCUT2D eigenvalue weighted by Gasteiger charge is -2.35. The molecule has 2 aliphatic rings. The predicted molar refractivity (Wildman–Crippen MR) is 105 cm³/mol. The fourth-order valence-electron chi connectivity index (χ4n) is 3.37. The van der Waals surface area contributed by atoms with Gasteiger partial charge in [-0.15, -0.1) is 15.8 Å². The Balaban J connectivity index is 1.79. The highest BCUT2D eigenvalue weighted by Crippen LogP contribution is 2.47. The molecule has 0 N–H and O–H groups in total. The van der Waals surface area contributed by atoms with Crippen LogP contribution in [0.3, 0.4) is 0 Å². The minimum Gasteiger partial charge on any atom is -0.224 e. The van der Waals surface area contributed by atoms with Crippen molar-refractivity contribution < 1.29 is 4.79 Å². The van der Waals surface area contributed by atoms with Crippen LogP contribution in [-0.2, 0) is 4.79 Å². The molecule has 1 aromatic carbocycles. The summed E-state index contributed by atoms with van der Waals surface area (Å²) in [5.41, 5.74) is 3.78. The highest BCUT2D eigenvalue weighted by Gasteiger charge is 2.50. The molecule has 2 aromatic heterocycles. The van der Waals surface area contributed by atoms with Gasteiger partial charge in [0.2, 0.25) is 0 Å². The average molecular weight is 361 g/mol. The number of rotatable bonds is 2. The zero-order valence-corrected chi connectivity index (χ0v) is 14.8. The van der Waals surface area contributed by atoms with Gasteiger partial charge in [0.25, 0.3) is 0 Å². The van der Waals surface area contributed by atoms with Gasteiger partial charge >= 0.3 is 11.0 Å². The van der Waals surface area contributed by atoms with Crippen molar-refractivity contribution in [3.05, 3.63) is 87.7 Å². The maximum Gasteiger partial charge on any atom is 0.363 e. The van der Waals surface area contributed by atoms with Gasteiger partial charge in [-0.2, -0.15) is 4.98 Å². The number of aromatic nitrogens is 1. The zero-order valence-electron chi connectivity index (χ0n) is 13.1. The van der Waals surface area contributed by atoms with E-state index in [2.05, 4.69) is 22.5 Å². The molecular weight excluding hydrogens is 348 g/mol. The molecule has 0 radical (unpaired) electrons. The van der Waals surface area contributed by atoms with E-state index in [1.165, 1.54) is 11.3 Å². The second-order valence-corrected chi connectivity index (χ2v) is 7.65. The van der Waals surface area contributed by atoms with Crippen LogP contribution in [0, 0.1) is 0 Å². The monoisotopic (exact) mass is 361 g/mol. The lowest BCUT2D eigenvalue weighted by Crippen LogP contribution is -2.50. The van der Waals surface area contributed by atoms with Gasteiger partial charge in [0.1, 0.15) is 6.20 Å². The first kappa shape index (κ1) is 14.7. The predicted octanol–water partition coefficient (Wildman–Crippen LogP) is 5.16. The smallest absolute Gasteiger partial charge is 0.224 e. The van der Waals surface area contributed by atoms with Gasteiger partial charge in [0, 0.05) is 29.3 Å². The Hall–Kier alpha value is -2.60. The molecule has 0 saturated carbocycles. The van der Waals surface area contributed by atoms with E-state index < -0.39 is 0 Å². The summed E-state index contributed by atoms with van der Waals surface area (Å²) < 4.78 is 0.0336. The number of hydrogen-bond donors (Lipinski definition) is 0. The van der Waals surface area contributed by atoms with Crippen LogP contribution in [0.2, 0.25) is 0 Å². The molecule has 0 saturated heterocycles. The maximum absolute atomic E-state index is 13.7. The number of quaternary nitrogens is 1. The summed E-state index contributed by atoms with van der Waals surface area (Å²) in [5, 5.41) is 4.76. The first-order chi connectivity index (χ1) is 12.3. The molecule has 3 aromatic rings. The Morgan fingerprint density at radius 3 is 2.64 bits per heavy atom. The largest absolute Gasteiger partial charge is 0.363 e. The molecule has 25 heavy (non-hydrogen) atoms. The molecule has 0 spiro atoms. The molecule has 4 heterocycles. The topological polar surface area (TPSA) is 30.0 Å². The van der Waals surface area contributed by atoms with Crippen molar-refractivity contribution in [2.75, 3.05) is 0 Å². The van der Waals surface area contributed by atoms with Crippen LogP contribution in [-0.4, -0.2) is 10.9 Å². The molecule has 1 amide bonds. The van der Waals surface area contributed by atoms with Gasteiger partial charge in [-0.25, -0.2) is 4.79 Å². The van der Waals surface area contributed by atoms with Crippen LogP contribution in [0.4, 0.5) is 5.13 Å². The number of thiazole rings is 1. The Morgan fingerprint density at radius 2 is 1.84 bits per heavy atom. The minimum atomic E-state index is 0.0336. The van der Waals surface area contributed by atoms with Crippen LogP contribution < -0.4 is 4.48 Å². The van der Waals surface area contributed by atoms with Crippen molar-refractivity contribution in [3.63, 3.8) is 0 Å². The third-order valence-electron chi connectivity index (χ3n) is 4.55. The van der Waals surface area contributed by atoms with Crippen molar-refractivity contribution in [2.24, 2.45) is 0 Å². The number of amides is 1. The number of allylic oxidation sites excluding steroid dienone is 2. The number of nitrogens with zero attached hydrogens (tertiary/aromatic N) is 2. The van der Waals surface area contributed by atoms with Crippen molar-refractivity contribution in [1.82, 2.24) is 9.47 Å². The molecule has 3 nitrogen and oxygen atoms in total. The summed E-state index contributed by atoms with van der Waals surface area (Å²) in [4.78, 5) is 19.3. The van der Waals surface area contributed by atoms with Crippen LogP contribution in [0.1, 0.15) is 16.0 Å². The Kier molecular flexibility index (Phi) is 3.21. The third-order valence-corrected chi connectivity index (χ3v) is 6.37. The molecule has 0 fully saturated rings. The summed E-state index contributed by atoms with van der Waals surface area (Å²) in [5.74, 6) is 0.0361. The lowest BCUT2D eigenvalue weighted by atomic mass is 9.96. The van der Waals surface area contributed by atoms with Crippen molar-refractivity contribution in [1.29, 1.82) is 0 Å². The van der Waals surface area contributed by atoms with Crippen molar-refractivity contribution >= 4 is 51.1 Å². The molecule has 120 valence electrons. The quantitative estimate of drug-likeness (QED) is 0.590. The van der Waals surface area contributed by atoms with E-state index in [1.807, 2.05) is 54.1 Å². The highest BCUT2D eigenvalue weighted by atomic mass is 32.1. The van der Waals surface area contributed by atoms with Crippen LogP contribution in [0.15, 0.2) is 71.7 Å². The summed E-state index contributed by atoms with van der Waals surface area (Å²) in [6.45, 7) is 0. The lowest BCUT2D eigenvalue weighted by molar-refractivity contribution is -0.119. The molecule has 5 rings (SSSR count). The van der Waals surface area contributed by atoms with E-state index in [4.69, 9.17) is 0 Å².